The summed E-state index contributed by atoms with van der Waals surface area (Å²) in [4.78, 5) is 24.5. The lowest BCUT2D eigenvalue weighted by Gasteiger charge is -2.27. The number of hydrogen-bond acceptors (Lipinski definition) is 4. The summed E-state index contributed by atoms with van der Waals surface area (Å²) in [7, 11) is 1.14. The molecular weight excluding hydrogens is 263 g/mol. The molecule has 1 saturated carbocycles. The first kappa shape index (κ1) is 15.9. The summed E-state index contributed by atoms with van der Waals surface area (Å²) in [6.07, 6.45) is -3.04. The third-order valence-electron chi connectivity index (χ3n) is 3.19. The first-order chi connectivity index (χ1) is 8.58. The number of alkyl halides is 3. The molecule has 1 aliphatic carbocycles. The van der Waals surface area contributed by atoms with Crippen LogP contribution >= 0.6 is 0 Å². The monoisotopic (exact) mass is 281 g/mol. The van der Waals surface area contributed by atoms with Gasteiger partial charge in [-0.3, -0.25) is 14.5 Å². The van der Waals surface area contributed by atoms with E-state index < -0.39 is 29.9 Å². The van der Waals surface area contributed by atoms with Gasteiger partial charge in [0.2, 0.25) is 0 Å². The Morgan fingerprint density at radius 2 is 1.79 bits per heavy atom. The molecule has 1 rings (SSSR count). The summed E-state index contributed by atoms with van der Waals surface area (Å²) < 4.78 is 41.8. The largest absolute Gasteiger partial charge is 0.468 e. The molecule has 0 spiro atoms. The lowest BCUT2D eigenvalue weighted by molar-refractivity contribution is -0.159. The molecule has 0 aliphatic heterocycles. The van der Waals surface area contributed by atoms with Gasteiger partial charge in [0.15, 0.2) is 5.78 Å². The molecule has 0 bridgehead atoms. The van der Waals surface area contributed by atoms with Gasteiger partial charge in [0.1, 0.15) is 5.41 Å². The van der Waals surface area contributed by atoms with Gasteiger partial charge in [0, 0.05) is 6.04 Å². The molecule has 110 valence electrons. The van der Waals surface area contributed by atoms with E-state index in [9.17, 15) is 22.8 Å². The fraction of sp³-hybridized carbons (Fsp3) is 0.833. The molecule has 19 heavy (non-hydrogen) atoms. The highest BCUT2D eigenvalue weighted by Crippen LogP contribution is 2.31. The number of nitrogens with zero attached hydrogens (tertiary/aromatic N) is 1. The van der Waals surface area contributed by atoms with Crippen molar-refractivity contribution in [2.75, 3.05) is 20.2 Å². The standard InChI is InChI=1S/C12H18F3NO3/c1-11(2,10(18)19-3)9(17)6-16(8-4-5-8)7-12(13,14)15/h8H,4-7H2,1-3H3. The van der Waals surface area contributed by atoms with E-state index in [1.165, 1.54) is 13.8 Å². The number of rotatable bonds is 6. The summed E-state index contributed by atoms with van der Waals surface area (Å²) in [5.41, 5.74) is -1.42. The Morgan fingerprint density at radius 3 is 2.16 bits per heavy atom. The lowest BCUT2D eigenvalue weighted by Crippen LogP contribution is -2.45. The molecule has 4 nitrogen and oxygen atoms in total. The van der Waals surface area contributed by atoms with Gasteiger partial charge >= 0.3 is 12.1 Å². The molecule has 0 radical (unpaired) electrons. The zero-order valence-electron chi connectivity index (χ0n) is 11.2. The second kappa shape index (κ2) is 5.48. The van der Waals surface area contributed by atoms with Crippen LogP contribution in [0.4, 0.5) is 13.2 Å². The highest BCUT2D eigenvalue weighted by molar-refractivity contribution is 6.03. The van der Waals surface area contributed by atoms with Gasteiger partial charge in [-0.05, 0) is 26.7 Å². The Labute approximate surface area is 109 Å². The molecule has 7 heteroatoms. The molecule has 0 aromatic heterocycles. The highest BCUT2D eigenvalue weighted by Gasteiger charge is 2.43. The van der Waals surface area contributed by atoms with Crippen LogP contribution in [0.5, 0.6) is 0 Å². The number of esters is 1. The second-order valence-corrected chi connectivity index (χ2v) is 5.29. The Hall–Kier alpha value is -1.11. The van der Waals surface area contributed by atoms with E-state index >= 15 is 0 Å². The number of ether oxygens (including phenoxy) is 1. The fourth-order valence-electron chi connectivity index (χ4n) is 1.74. The van der Waals surface area contributed by atoms with Crippen molar-refractivity contribution >= 4 is 11.8 Å². The van der Waals surface area contributed by atoms with Crippen molar-refractivity contribution < 1.29 is 27.5 Å². The maximum Gasteiger partial charge on any atom is 0.401 e. The van der Waals surface area contributed by atoms with Gasteiger partial charge in [0.05, 0.1) is 20.2 Å². The molecular formula is C12H18F3NO3. The van der Waals surface area contributed by atoms with Crippen LogP contribution in [0.3, 0.4) is 0 Å². The minimum Gasteiger partial charge on any atom is -0.468 e. The van der Waals surface area contributed by atoms with Crippen molar-refractivity contribution in [3.05, 3.63) is 0 Å². The summed E-state index contributed by atoms with van der Waals surface area (Å²) in [5, 5.41) is 0. The van der Waals surface area contributed by atoms with E-state index in [4.69, 9.17) is 0 Å². The topological polar surface area (TPSA) is 46.6 Å². The van der Waals surface area contributed by atoms with Crippen molar-refractivity contribution in [2.45, 2.75) is 38.9 Å². The van der Waals surface area contributed by atoms with E-state index in [0.717, 1.165) is 12.0 Å². The zero-order valence-corrected chi connectivity index (χ0v) is 11.2. The van der Waals surface area contributed by atoms with E-state index in [1.54, 1.807) is 0 Å². The first-order valence-corrected chi connectivity index (χ1v) is 6.00. The van der Waals surface area contributed by atoms with Crippen molar-refractivity contribution in [3.8, 4) is 0 Å². The predicted molar refractivity (Wildman–Crippen MR) is 61.5 cm³/mol. The van der Waals surface area contributed by atoms with Crippen LogP contribution in [0.15, 0.2) is 0 Å². The van der Waals surface area contributed by atoms with Crippen LogP contribution in [0.1, 0.15) is 26.7 Å². The van der Waals surface area contributed by atoms with Gasteiger partial charge in [-0.15, -0.1) is 0 Å². The Balaban J connectivity index is 2.69. The maximum atomic E-state index is 12.4. The van der Waals surface area contributed by atoms with Crippen molar-refractivity contribution in [2.24, 2.45) is 5.41 Å². The molecule has 0 atom stereocenters. The van der Waals surface area contributed by atoms with Crippen molar-refractivity contribution in [3.63, 3.8) is 0 Å². The van der Waals surface area contributed by atoms with E-state index in [1.807, 2.05) is 0 Å². The maximum absolute atomic E-state index is 12.4. The summed E-state index contributed by atoms with van der Waals surface area (Å²) in [6, 6.07) is -0.209. The van der Waals surface area contributed by atoms with Crippen molar-refractivity contribution in [1.82, 2.24) is 4.90 Å². The normalized spacial score (nSPS) is 16.6. The third kappa shape index (κ3) is 4.49. The predicted octanol–water partition coefficient (Wildman–Crippen LogP) is 1.78. The summed E-state index contributed by atoms with van der Waals surface area (Å²) >= 11 is 0. The van der Waals surface area contributed by atoms with Gasteiger partial charge in [-0.2, -0.15) is 13.2 Å². The first-order valence-electron chi connectivity index (χ1n) is 6.00. The van der Waals surface area contributed by atoms with E-state index in [2.05, 4.69) is 4.74 Å². The number of carbonyl (C=O) groups excluding carboxylic acids is 2. The molecule has 0 unspecified atom stereocenters. The van der Waals surface area contributed by atoms with Gasteiger partial charge < -0.3 is 4.74 Å². The highest BCUT2D eigenvalue weighted by atomic mass is 19.4. The lowest BCUT2D eigenvalue weighted by atomic mass is 9.88. The molecule has 0 N–H and O–H groups in total. The molecule has 1 aliphatic rings. The zero-order chi connectivity index (χ0) is 14.8. The Kier molecular flexibility index (Phi) is 4.60. The number of ketones is 1. The van der Waals surface area contributed by atoms with E-state index in [-0.39, 0.29) is 12.6 Å². The van der Waals surface area contributed by atoms with Gasteiger partial charge in [-0.1, -0.05) is 0 Å². The smallest absolute Gasteiger partial charge is 0.401 e. The van der Waals surface area contributed by atoms with Crippen LogP contribution in [-0.2, 0) is 14.3 Å². The number of carbonyl (C=O) groups is 2. The number of halogens is 3. The van der Waals surface area contributed by atoms with Gasteiger partial charge in [-0.25, -0.2) is 0 Å². The van der Waals surface area contributed by atoms with E-state index in [0.29, 0.717) is 12.8 Å². The number of hydrogen-bond donors (Lipinski definition) is 0. The van der Waals surface area contributed by atoms with Crippen LogP contribution in [-0.4, -0.2) is 49.1 Å². The van der Waals surface area contributed by atoms with Crippen LogP contribution in [0.2, 0.25) is 0 Å². The molecule has 0 saturated heterocycles. The average molecular weight is 281 g/mol. The molecule has 1 fully saturated rings. The minimum atomic E-state index is -4.35. The van der Waals surface area contributed by atoms with Crippen molar-refractivity contribution in [1.29, 1.82) is 0 Å². The third-order valence-corrected chi connectivity index (χ3v) is 3.19. The molecule has 0 heterocycles. The fourth-order valence-corrected chi connectivity index (χ4v) is 1.74. The molecule has 0 aromatic rings. The Morgan fingerprint density at radius 1 is 1.26 bits per heavy atom. The number of Topliss-reactive ketones (excluding diaryl/α,β-unsaturated/α-hetero) is 1. The summed E-state index contributed by atoms with van der Waals surface area (Å²) in [6.45, 7) is 1.21. The average Bonchev–Trinajstić information content (AvgIpc) is 3.08. The van der Waals surface area contributed by atoms with Crippen LogP contribution in [0, 0.1) is 5.41 Å². The molecule has 0 aromatic carbocycles. The van der Waals surface area contributed by atoms with Crippen LogP contribution < -0.4 is 0 Å². The quantitative estimate of drug-likeness (QED) is 0.550. The van der Waals surface area contributed by atoms with Crippen LogP contribution in [0.25, 0.3) is 0 Å². The molecule has 0 amide bonds. The summed E-state index contributed by atoms with van der Waals surface area (Å²) in [5.74, 6) is -1.30. The SMILES string of the molecule is COC(=O)C(C)(C)C(=O)CN(CC(F)(F)F)C1CC1. The Bertz CT molecular complexity index is 362. The second-order valence-electron chi connectivity index (χ2n) is 5.29. The number of methoxy groups -OCH3 is 1. The van der Waals surface area contributed by atoms with Gasteiger partial charge in [0.25, 0.3) is 0 Å². The minimum absolute atomic E-state index is 0.209.